The van der Waals surface area contributed by atoms with Crippen LogP contribution in [0.15, 0.2) is 249 Å². The van der Waals surface area contributed by atoms with Gasteiger partial charge >= 0.3 is 0 Å². The quantitative estimate of drug-likeness (QED) is 0.136. The maximum absolute atomic E-state index is 5.47. The number of allylic oxidation sites excluding steroid dienone is 5. The van der Waals surface area contributed by atoms with E-state index in [0.29, 0.717) is 17.5 Å². The number of rotatable bonds is 9. The molecule has 0 radical (unpaired) electrons. The van der Waals surface area contributed by atoms with Crippen LogP contribution in [0.1, 0.15) is 60.0 Å². The lowest BCUT2D eigenvalue weighted by Crippen LogP contribution is -2.25. The van der Waals surface area contributed by atoms with Crippen LogP contribution in [0, 0.1) is 0 Å². The van der Waals surface area contributed by atoms with E-state index >= 15 is 0 Å². The summed E-state index contributed by atoms with van der Waals surface area (Å²) in [7, 11) is 0. The zero-order valence-electron chi connectivity index (χ0n) is 39.6. The molecular weight excluding hydrogens is 847 g/mol. The zero-order chi connectivity index (χ0) is 47.4. The molecule has 0 bridgehead atoms. The van der Waals surface area contributed by atoms with Gasteiger partial charge in [0.2, 0.25) is 0 Å². The van der Waals surface area contributed by atoms with Crippen molar-refractivity contribution in [1.82, 2.24) is 15.0 Å². The van der Waals surface area contributed by atoms with Gasteiger partial charge in [-0.05, 0) is 121 Å². The lowest BCUT2D eigenvalue weighted by atomic mass is 9.70. The summed E-state index contributed by atoms with van der Waals surface area (Å²) in [6, 6.07) is 82.4. The second kappa shape index (κ2) is 19.1. The lowest BCUT2D eigenvalue weighted by molar-refractivity contribution is 0.794. The molecule has 10 aromatic rings. The van der Waals surface area contributed by atoms with Crippen molar-refractivity contribution in [1.29, 1.82) is 0 Å². The number of hydrogen-bond acceptors (Lipinski definition) is 3. The fraction of sp³-hybridized carbons (Fsp3) is 0.0597. The van der Waals surface area contributed by atoms with Crippen molar-refractivity contribution in [2.24, 2.45) is 0 Å². The summed E-state index contributed by atoms with van der Waals surface area (Å²) in [6.07, 6.45) is 8.66. The first-order valence-corrected chi connectivity index (χ1v) is 24.3. The minimum Gasteiger partial charge on any atom is -0.208 e. The molecule has 3 nitrogen and oxygen atoms in total. The van der Waals surface area contributed by atoms with Gasteiger partial charge in [-0.25, -0.2) is 15.0 Å². The average Bonchev–Trinajstić information content (AvgIpc) is 3.91. The molecule has 0 aliphatic heterocycles. The predicted octanol–water partition coefficient (Wildman–Crippen LogP) is 17.1. The SMILES string of the molecule is CC.C\C=C(/C=C(\C=C\c1ccccc1)c1ccccc1)c1nc(-c2cc(-c3ccccc3)cc(-c3ccccc3)c2)nc(-c2ccc3c(c2)C2(c4ccccc4-c4ccccc42)c2ccccc2-3)n1. The second-order valence-electron chi connectivity index (χ2n) is 17.4. The van der Waals surface area contributed by atoms with E-state index in [2.05, 4.69) is 256 Å². The summed E-state index contributed by atoms with van der Waals surface area (Å²) < 4.78 is 0. The van der Waals surface area contributed by atoms with Crippen LogP contribution >= 0.6 is 0 Å². The third kappa shape index (κ3) is 7.82. The Hall–Kier alpha value is -8.79. The molecule has 1 spiro atoms. The summed E-state index contributed by atoms with van der Waals surface area (Å²) in [4.78, 5) is 16.3. The molecule has 0 saturated carbocycles. The maximum atomic E-state index is 5.47. The molecule has 2 aliphatic rings. The molecule has 1 aromatic heterocycles. The van der Waals surface area contributed by atoms with Gasteiger partial charge in [-0.1, -0.05) is 238 Å². The summed E-state index contributed by atoms with van der Waals surface area (Å²) in [5, 5.41) is 0. The molecule has 70 heavy (non-hydrogen) atoms. The van der Waals surface area contributed by atoms with E-state index in [4.69, 9.17) is 15.0 Å². The Morgan fingerprint density at radius 2 is 0.814 bits per heavy atom. The van der Waals surface area contributed by atoms with Crippen LogP contribution < -0.4 is 0 Å². The van der Waals surface area contributed by atoms with Gasteiger partial charge in [0.15, 0.2) is 17.5 Å². The van der Waals surface area contributed by atoms with E-state index in [1.807, 2.05) is 19.9 Å². The highest BCUT2D eigenvalue weighted by Crippen LogP contribution is 2.63. The average molecular weight is 898 g/mol. The lowest BCUT2D eigenvalue weighted by Gasteiger charge is -2.30. The second-order valence-corrected chi connectivity index (χ2v) is 17.4. The van der Waals surface area contributed by atoms with E-state index < -0.39 is 5.41 Å². The summed E-state index contributed by atoms with van der Waals surface area (Å²) in [5.41, 5.74) is 20.0. The van der Waals surface area contributed by atoms with Crippen molar-refractivity contribution in [2.45, 2.75) is 26.2 Å². The number of benzene rings is 9. The van der Waals surface area contributed by atoms with Gasteiger partial charge in [0, 0.05) is 16.7 Å². The van der Waals surface area contributed by atoms with Gasteiger partial charge in [0.05, 0.1) is 5.41 Å². The molecule has 0 saturated heterocycles. The first kappa shape index (κ1) is 43.8. The van der Waals surface area contributed by atoms with Gasteiger partial charge in [-0.15, -0.1) is 0 Å². The Labute approximate surface area is 411 Å². The van der Waals surface area contributed by atoms with Crippen LogP contribution in [-0.2, 0) is 5.41 Å². The standard InChI is InChI=1S/C65H45N3.C2H6/c1-2-45(39-49(46-23-9-4-10-24-46)36-35-44-21-7-3-8-22-44)62-66-63(68-64(67-62)53-41-51(47-25-11-5-12-26-47)40-52(42-53)48-27-13-6-14-28-48)50-37-38-57-56-31-17-20-34-60(56)65(61(57)43-50)58-32-18-15-29-54(58)55-30-16-19-33-59(55)65;1-2/h2-43H,1H3;1-2H3/b36-35+,45-2+,49-39+;. The molecular formula is C67H51N3. The van der Waals surface area contributed by atoms with Crippen molar-refractivity contribution < 1.29 is 0 Å². The molecule has 3 heteroatoms. The molecule has 0 unspecified atom stereocenters. The Morgan fingerprint density at radius 3 is 1.34 bits per heavy atom. The molecule has 9 aromatic carbocycles. The minimum absolute atomic E-state index is 0.505. The predicted molar refractivity (Wildman–Crippen MR) is 293 cm³/mol. The summed E-state index contributed by atoms with van der Waals surface area (Å²) in [5.74, 6) is 1.80. The summed E-state index contributed by atoms with van der Waals surface area (Å²) >= 11 is 0. The van der Waals surface area contributed by atoms with Crippen LogP contribution in [-0.4, -0.2) is 15.0 Å². The Balaban J connectivity index is 0.00000263. The summed E-state index contributed by atoms with van der Waals surface area (Å²) in [6.45, 7) is 6.06. The van der Waals surface area contributed by atoms with Crippen molar-refractivity contribution in [3.05, 3.63) is 288 Å². The van der Waals surface area contributed by atoms with E-state index in [0.717, 1.165) is 55.7 Å². The van der Waals surface area contributed by atoms with E-state index in [1.165, 1.54) is 44.5 Å². The molecule has 12 rings (SSSR count). The van der Waals surface area contributed by atoms with Crippen molar-refractivity contribution in [3.8, 4) is 67.3 Å². The van der Waals surface area contributed by atoms with Gasteiger partial charge in [-0.2, -0.15) is 0 Å². The number of hydrogen-bond donors (Lipinski definition) is 0. The van der Waals surface area contributed by atoms with E-state index in [1.54, 1.807) is 0 Å². The maximum Gasteiger partial charge on any atom is 0.164 e. The van der Waals surface area contributed by atoms with Crippen molar-refractivity contribution >= 4 is 17.2 Å². The van der Waals surface area contributed by atoms with Gasteiger partial charge in [0.1, 0.15) is 0 Å². The molecule has 334 valence electrons. The van der Waals surface area contributed by atoms with Gasteiger partial charge in [-0.3, -0.25) is 0 Å². The number of fused-ring (bicyclic) bond motifs is 10. The van der Waals surface area contributed by atoms with Crippen molar-refractivity contribution in [2.75, 3.05) is 0 Å². The van der Waals surface area contributed by atoms with Gasteiger partial charge in [0.25, 0.3) is 0 Å². The van der Waals surface area contributed by atoms with Crippen molar-refractivity contribution in [3.63, 3.8) is 0 Å². The molecule has 0 atom stereocenters. The Bertz CT molecular complexity index is 3490. The van der Waals surface area contributed by atoms with Gasteiger partial charge < -0.3 is 0 Å². The fourth-order valence-corrected chi connectivity index (χ4v) is 10.4. The van der Waals surface area contributed by atoms with Crippen LogP contribution in [0.2, 0.25) is 0 Å². The van der Waals surface area contributed by atoms with Crippen LogP contribution in [0.25, 0.3) is 84.5 Å². The first-order valence-electron chi connectivity index (χ1n) is 24.3. The number of nitrogens with zero attached hydrogens (tertiary/aromatic N) is 3. The fourth-order valence-electron chi connectivity index (χ4n) is 10.4. The van der Waals surface area contributed by atoms with Crippen LogP contribution in [0.3, 0.4) is 0 Å². The third-order valence-corrected chi connectivity index (χ3v) is 13.5. The Morgan fingerprint density at radius 1 is 0.371 bits per heavy atom. The monoisotopic (exact) mass is 897 g/mol. The minimum atomic E-state index is -0.505. The Kier molecular flexibility index (Phi) is 11.9. The molecule has 0 amide bonds. The third-order valence-electron chi connectivity index (χ3n) is 13.5. The normalized spacial score (nSPS) is 13.0. The molecule has 0 N–H and O–H groups in total. The smallest absolute Gasteiger partial charge is 0.164 e. The highest BCUT2D eigenvalue weighted by molar-refractivity contribution is 5.96. The number of aromatic nitrogens is 3. The van der Waals surface area contributed by atoms with Crippen LogP contribution in [0.5, 0.6) is 0 Å². The molecule has 2 aliphatic carbocycles. The van der Waals surface area contributed by atoms with Crippen LogP contribution in [0.4, 0.5) is 0 Å². The first-order chi connectivity index (χ1) is 34.7. The molecule has 0 fully saturated rings. The highest BCUT2D eigenvalue weighted by Gasteiger charge is 2.51. The highest BCUT2D eigenvalue weighted by atomic mass is 15.0. The zero-order valence-corrected chi connectivity index (χ0v) is 39.6. The largest absolute Gasteiger partial charge is 0.208 e. The van der Waals surface area contributed by atoms with E-state index in [-0.39, 0.29) is 0 Å². The molecule has 1 heterocycles. The van der Waals surface area contributed by atoms with E-state index in [9.17, 15) is 0 Å². The topological polar surface area (TPSA) is 38.7 Å².